The Bertz CT molecular complexity index is 2320. The number of carbonyl (C=O) groups is 1. The van der Waals surface area contributed by atoms with Gasteiger partial charge in [0.1, 0.15) is 6.61 Å². The van der Waals surface area contributed by atoms with Crippen molar-refractivity contribution in [2.75, 3.05) is 27.9 Å². The van der Waals surface area contributed by atoms with Gasteiger partial charge >= 0.3 is 5.97 Å². The molecule has 0 amide bonds. The highest BCUT2D eigenvalue weighted by Crippen LogP contribution is 2.39. The van der Waals surface area contributed by atoms with Crippen LogP contribution in [0.25, 0.3) is 11.8 Å². The predicted molar refractivity (Wildman–Crippen MR) is 189 cm³/mol. The summed E-state index contributed by atoms with van der Waals surface area (Å²) < 4.78 is 30.4. The Hall–Kier alpha value is -6.12. The lowest BCUT2D eigenvalue weighted by Gasteiger charge is -2.26. The summed E-state index contributed by atoms with van der Waals surface area (Å²) in [5.74, 6) is 1.20. The highest BCUT2D eigenvalue weighted by molar-refractivity contribution is 7.07. The van der Waals surface area contributed by atoms with Crippen molar-refractivity contribution < 1.29 is 28.5 Å². The Labute approximate surface area is 292 Å². The number of carbonyl (C=O) groups excluding carboxylic acids is 1. The summed E-state index contributed by atoms with van der Waals surface area (Å²) in [6, 6.07) is 28.5. The third-order valence-corrected chi connectivity index (χ3v) is 9.11. The van der Waals surface area contributed by atoms with Crippen LogP contribution >= 0.6 is 11.3 Å². The first-order chi connectivity index (χ1) is 24.4. The lowest BCUT2D eigenvalue weighted by Crippen LogP contribution is -2.40. The van der Waals surface area contributed by atoms with E-state index in [-0.39, 0.29) is 24.3 Å². The fourth-order valence-electron chi connectivity index (χ4n) is 5.79. The van der Waals surface area contributed by atoms with Crippen LogP contribution in [0, 0.1) is 11.3 Å². The number of ether oxygens (including phenoxy) is 5. The zero-order chi connectivity index (χ0) is 35.2. The van der Waals surface area contributed by atoms with E-state index >= 15 is 0 Å². The molecule has 0 saturated heterocycles. The summed E-state index contributed by atoms with van der Waals surface area (Å²) in [7, 11) is 4.60. The van der Waals surface area contributed by atoms with Gasteiger partial charge in [0.2, 0.25) is 0 Å². The predicted octanol–water partition coefficient (Wildman–Crippen LogP) is 5.41. The van der Waals surface area contributed by atoms with E-state index in [1.165, 1.54) is 37.2 Å². The Morgan fingerprint density at radius 1 is 0.920 bits per heavy atom. The molecule has 1 aromatic heterocycles. The van der Waals surface area contributed by atoms with Crippen molar-refractivity contribution in [2.45, 2.75) is 19.6 Å². The largest absolute Gasteiger partial charge is 0.493 e. The van der Waals surface area contributed by atoms with Gasteiger partial charge in [-0.25, -0.2) is 9.79 Å². The number of esters is 1. The van der Waals surface area contributed by atoms with Gasteiger partial charge in [-0.1, -0.05) is 78.1 Å². The zero-order valence-electron chi connectivity index (χ0n) is 27.8. The molecule has 0 N–H and O–H groups in total. The molecule has 5 aromatic rings. The molecule has 0 radical (unpaired) electrons. The minimum absolute atomic E-state index is 0.106. The molecule has 0 aliphatic carbocycles. The van der Waals surface area contributed by atoms with Crippen molar-refractivity contribution in [3.63, 3.8) is 0 Å². The zero-order valence-corrected chi connectivity index (χ0v) is 28.7. The maximum absolute atomic E-state index is 14.5. The first-order valence-corrected chi connectivity index (χ1v) is 16.5. The number of rotatable bonds is 11. The van der Waals surface area contributed by atoms with Gasteiger partial charge in [-0.15, -0.1) is 0 Å². The summed E-state index contributed by atoms with van der Waals surface area (Å²) in [6.07, 6.45) is 1.72. The van der Waals surface area contributed by atoms with Crippen LogP contribution in [-0.2, 0) is 16.1 Å². The molecule has 0 bridgehead atoms. The highest BCUT2D eigenvalue weighted by Gasteiger charge is 2.35. The monoisotopic (exact) mass is 687 g/mol. The molecule has 0 unspecified atom stereocenters. The van der Waals surface area contributed by atoms with Gasteiger partial charge in [-0.3, -0.25) is 9.36 Å². The lowest BCUT2D eigenvalue weighted by atomic mass is 9.93. The van der Waals surface area contributed by atoms with Crippen LogP contribution in [0.15, 0.2) is 106 Å². The van der Waals surface area contributed by atoms with E-state index < -0.39 is 12.0 Å². The fraction of sp³-hybridized carbons (Fsp3) is 0.179. The Balaban J connectivity index is 1.57. The van der Waals surface area contributed by atoms with Crippen molar-refractivity contribution >= 4 is 29.1 Å². The normalized spacial score (nSPS) is 13.9. The van der Waals surface area contributed by atoms with Crippen molar-refractivity contribution in [1.82, 2.24) is 4.57 Å². The summed E-state index contributed by atoms with van der Waals surface area (Å²) in [6.45, 7) is 1.97. The first kappa shape index (κ1) is 33.8. The van der Waals surface area contributed by atoms with E-state index in [1.54, 1.807) is 55.5 Å². The summed E-state index contributed by atoms with van der Waals surface area (Å²) >= 11 is 1.19. The molecule has 4 aromatic carbocycles. The second-order valence-corrected chi connectivity index (χ2v) is 12.0. The molecular weight excluding hydrogens is 655 g/mol. The van der Waals surface area contributed by atoms with Crippen molar-refractivity contribution in [2.24, 2.45) is 4.99 Å². The summed E-state index contributed by atoms with van der Waals surface area (Å²) in [5, 5.41) is 9.58. The van der Waals surface area contributed by atoms with Crippen molar-refractivity contribution in [3.05, 3.63) is 144 Å². The molecule has 11 heteroatoms. The smallest absolute Gasteiger partial charge is 0.338 e. The van der Waals surface area contributed by atoms with Crippen LogP contribution in [0.1, 0.15) is 40.8 Å². The van der Waals surface area contributed by atoms with E-state index in [9.17, 15) is 14.9 Å². The summed E-state index contributed by atoms with van der Waals surface area (Å²) in [4.78, 5) is 33.7. The average Bonchev–Trinajstić information content (AvgIpc) is 3.47. The van der Waals surface area contributed by atoms with Crippen LogP contribution in [0.3, 0.4) is 0 Å². The quantitative estimate of drug-likeness (QED) is 0.169. The molecule has 6 rings (SSSR count). The second kappa shape index (κ2) is 15.0. The van der Waals surface area contributed by atoms with Crippen LogP contribution in [0.5, 0.6) is 23.0 Å². The van der Waals surface area contributed by atoms with E-state index in [4.69, 9.17) is 28.7 Å². The van der Waals surface area contributed by atoms with E-state index in [0.717, 1.165) is 0 Å². The maximum atomic E-state index is 14.5. The SMILES string of the molecule is CCOC(=O)C1=C(c2ccccc2)N=c2s/c(=C\c3cccc(OC)c3OCc3ccccc3C#N)c(=O)n2[C@H]1c1ccc(OC)c(OC)c1. The van der Waals surface area contributed by atoms with Gasteiger partial charge in [-0.2, -0.15) is 5.26 Å². The minimum Gasteiger partial charge on any atom is -0.493 e. The van der Waals surface area contributed by atoms with Gasteiger partial charge in [0.05, 0.1) is 61.4 Å². The fourth-order valence-corrected chi connectivity index (χ4v) is 6.78. The van der Waals surface area contributed by atoms with E-state index in [1.807, 2.05) is 48.5 Å². The van der Waals surface area contributed by atoms with E-state index in [2.05, 4.69) is 6.07 Å². The third-order valence-electron chi connectivity index (χ3n) is 8.12. The Morgan fingerprint density at radius 2 is 1.66 bits per heavy atom. The van der Waals surface area contributed by atoms with Crippen molar-refractivity contribution in [1.29, 1.82) is 5.26 Å². The van der Waals surface area contributed by atoms with Gasteiger partial charge in [0.15, 0.2) is 27.8 Å². The van der Waals surface area contributed by atoms with Gasteiger partial charge in [0.25, 0.3) is 5.56 Å². The number of thiazole rings is 1. The number of nitrogens with zero attached hydrogens (tertiary/aromatic N) is 3. The molecule has 252 valence electrons. The number of aromatic nitrogens is 1. The van der Waals surface area contributed by atoms with Crippen LogP contribution in [0.4, 0.5) is 0 Å². The summed E-state index contributed by atoms with van der Waals surface area (Å²) in [5.41, 5.74) is 3.33. The number of para-hydroxylation sites is 1. The van der Waals surface area contributed by atoms with Gasteiger partial charge in [0, 0.05) is 16.7 Å². The topological polar surface area (TPSA) is 121 Å². The van der Waals surface area contributed by atoms with E-state index in [0.29, 0.717) is 65.8 Å². The Morgan fingerprint density at radius 3 is 2.38 bits per heavy atom. The number of nitriles is 1. The van der Waals surface area contributed by atoms with Gasteiger partial charge < -0.3 is 23.7 Å². The number of hydrogen-bond donors (Lipinski definition) is 0. The number of hydrogen-bond acceptors (Lipinski definition) is 10. The molecule has 50 heavy (non-hydrogen) atoms. The standard InChI is InChI=1S/C39H33N3O7S/c1-5-48-38(44)33-34(24-12-7-6-8-13-24)41-39-42(35(33)25-18-19-29(45-2)31(20-25)47-4)37(43)32(50-39)21-26-16-11-17-30(46-3)36(26)49-23-28-15-10-9-14-27(28)22-40/h6-21,35H,5,23H2,1-4H3/b32-21-/t35-/m0/s1. The Kier molecular flexibility index (Phi) is 10.1. The lowest BCUT2D eigenvalue weighted by molar-refractivity contribution is -0.138. The van der Waals surface area contributed by atoms with Gasteiger partial charge in [-0.05, 0) is 42.8 Å². The number of fused-ring (bicyclic) bond motifs is 1. The molecule has 2 heterocycles. The molecule has 1 aliphatic rings. The maximum Gasteiger partial charge on any atom is 0.338 e. The highest BCUT2D eigenvalue weighted by atomic mass is 32.1. The molecule has 10 nitrogen and oxygen atoms in total. The molecule has 0 fully saturated rings. The van der Waals surface area contributed by atoms with Crippen LogP contribution in [0.2, 0.25) is 0 Å². The molecular formula is C39H33N3O7S. The van der Waals surface area contributed by atoms with Crippen molar-refractivity contribution in [3.8, 4) is 29.1 Å². The molecule has 1 aliphatic heterocycles. The minimum atomic E-state index is -0.911. The number of methoxy groups -OCH3 is 3. The molecule has 0 spiro atoms. The second-order valence-electron chi connectivity index (χ2n) is 11.0. The molecule has 0 saturated carbocycles. The molecule has 1 atom stereocenters. The third kappa shape index (κ3) is 6.49. The average molecular weight is 688 g/mol. The van der Waals surface area contributed by atoms with Crippen LogP contribution < -0.4 is 33.8 Å². The first-order valence-electron chi connectivity index (χ1n) is 15.7. The number of benzene rings is 4. The van der Waals surface area contributed by atoms with Crippen LogP contribution in [-0.4, -0.2) is 38.5 Å².